The number of nitrogens with one attached hydrogen (secondary N) is 1. The van der Waals surface area contributed by atoms with Crippen LogP contribution < -0.4 is 5.32 Å². The quantitative estimate of drug-likeness (QED) is 0.797. The van der Waals surface area contributed by atoms with Gasteiger partial charge in [-0.1, -0.05) is 13.8 Å². The highest BCUT2D eigenvalue weighted by molar-refractivity contribution is 5.02. The summed E-state index contributed by atoms with van der Waals surface area (Å²) in [5, 5.41) is 7.92. The van der Waals surface area contributed by atoms with E-state index in [1.165, 1.54) is 25.9 Å². The highest BCUT2D eigenvalue weighted by Gasteiger charge is 2.39. The molecule has 0 aliphatic carbocycles. The molecule has 0 bridgehead atoms. The summed E-state index contributed by atoms with van der Waals surface area (Å²) in [4.78, 5) is 7.15. The van der Waals surface area contributed by atoms with E-state index in [0.717, 1.165) is 31.6 Å². The van der Waals surface area contributed by atoms with Gasteiger partial charge in [0.05, 0.1) is 0 Å². The standard InChI is InChI=1S/C16H31N5/c1-5-9-21-15(18-13-19-21)12-14(17-4)16(3,6-2)20-10-7-8-11-20/h13-14,17H,5-12H2,1-4H3. The molecular formula is C16H31N5. The Balaban J connectivity index is 2.15. The van der Waals surface area contributed by atoms with Crippen LogP contribution >= 0.6 is 0 Å². The Hall–Kier alpha value is -0.940. The number of hydrogen-bond acceptors (Lipinski definition) is 4. The molecule has 0 radical (unpaired) electrons. The molecule has 1 aliphatic heterocycles. The first-order valence-electron chi connectivity index (χ1n) is 8.44. The highest BCUT2D eigenvalue weighted by atomic mass is 15.3. The molecule has 2 rings (SSSR count). The van der Waals surface area contributed by atoms with E-state index in [-0.39, 0.29) is 5.54 Å². The Morgan fingerprint density at radius 3 is 2.62 bits per heavy atom. The molecule has 1 aromatic rings. The molecule has 21 heavy (non-hydrogen) atoms. The molecule has 2 atom stereocenters. The van der Waals surface area contributed by atoms with Crippen molar-refractivity contribution >= 4 is 0 Å². The molecular weight excluding hydrogens is 262 g/mol. The third kappa shape index (κ3) is 3.46. The van der Waals surface area contributed by atoms with Gasteiger partial charge in [0.1, 0.15) is 12.2 Å². The van der Waals surface area contributed by atoms with Gasteiger partial charge in [0, 0.05) is 24.5 Å². The van der Waals surface area contributed by atoms with Gasteiger partial charge < -0.3 is 5.32 Å². The average molecular weight is 293 g/mol. The van der Waals surface area contributed by atoms with Crippen molar-refractivity contribution < 1.29 is 0 Å². The molecule has 1 saturated heterocycles. The van der Waals surface area contributed by atoms with E-state index >= 15 is 0 Å². The number of aromatic nitrogens is 3. The largest absolute Gasteiger partial charge is 0.315 e. The van der Waals surface area contributed by atoms with Crippen molar-refractivity contribution in [1.82, 2.24) is 25.0 Å². The van der Waals surface area contributed by atoms with Crippen LogP contribution in [0.5, 0.6) is 0 Å². The molecule has 1 N–H and O–H groups in total. The topological polar surface area (TPSA) is 46.0 Å². The molecule has 0 aromatic carbocycles. The van der Waals surface area contributed by atoms with Gasteiger partial charge >= 0.3 is 0 Å². The van der Waals surface area contributed by atoms with Crippen molar-refractivity contribution in [2.45, 2.75) is 71.0 Å². The minimum atomic E-state index is 0.189. The van der Waals surface area contributed by atoms with Gasteiger partial charge in [0.15, 0.2) is 0 Å². The maximum Gasteiger partial charge on any atom is 0.138 e. The molecule has 5 nitrogen and oxygen atoms in total. The van der Waals surface area contributed by atoms with Crippen molar-refractivity contribution in [3.63, 3.8) is 0 Å². The zero-order valence-electron chi connectivity index (χ0n) is 14.1. The molecule has 120 valence electrons. The summed E-state index contributed by atoms with van der Waals surface area (Å²) in [6.45, 7) is 10.3. The fraction of sp³-hybridized carbons (Fsp3) is 0.875. The van der Waals surface area contributed by atoms with Crippen LogP contribution in [0.3, 0.4) is 0 Å². The average Bonchev–Trinajstić information content (AvgIpc) is 3.16. The lowest BCUT2D eigenvalue weighted by Crippen LogP contribution is -2.58. The lowest BCUT2D eigenvalue weighted by atomic mass is 9.85. The lowest BCUT2D eigenvalue weighted by molar-refractivity contribution is 0.0860. The van der Waals surface area contributed by atoms with Gasteiger partial charge in [-0.05, 0) is 52.7 Å². The molecule has 2 unspecified atom stereocenters. The van der Waals surface area contributed by atoms with Gasteiger partial charge in [-0.3, -0.25) is 9.58 Å². The molecule has 0 spiro atoms. The molecule has 2 heterocycles. The number of aryl methyl sites for hydroxylation is 1. The molecule has 5 heteroatoms. The van der Waals surface area contributed by atoms with Crippen LogP contribution in [0.2, 0.25) is 0 Å². The Labute approximate surface area is 129 Å². The van der Waals surface area contributed by atoms with Gasteiger partial charge in [-0.2, -0.15) is 5.10 Å². The Morgan fingerprint density at radius 2 is 2.05 bits per heavy atom. The number of likely N-dealkylation sites (tertiary alicyclic amines) is 1. The van der Waals surface area contributed by atoms with Crippen LogP contribution in [0.25, 0.3) is 0 Å². The first-order chi connectivity index (χ1) is 10.2. The number of rotatable bonds is 8. The zero-order chi connectivity index (χ0) is 15.3. The fourth-order valence-electron chi connectivity index (χ4n) is 3.58. The molecule has 0 amide bonds. The van der Waals surface area contributed by atoms with Crippen LogP contribution in [0.4, 0.5) is 0 Å². The van der Waals surface area contributed by atoms with Crippen molar-refractivity contribution in [2.24, 2.45) is 0 Å². The molecule has 0 saturated carbocycles. The predicted molar refractivity (Wildman–Crippen MR) is 86.4 cm³/mol. The van der Waals surface area contributed by atoms with Crippen LogP contribution in [0.15, 0.2) is 6.33 Å². The van der Waals surface area contributed by atoms with Crippen molar-refractivity contribution in [1.29, 1.82) is 0 Å². The van der Waals surface area contributed by atoms with Gasteiger partial charge in [0.25, 0.3) is 0 Å². The number of likely N-dealkylation sites (N-methyl/N-ethyl adjacent to an activating group) is 1. The predicted octanol–water partition coefficient (Wildman–Crippen LogP) is 2.08. The van der Waals surface area contributed by atoms with Crippen LogP contribution in [0.1, 0.15) is 52.3 Å². The third-order valence-electron chi connectivity index (χ3n) is 5.16. The second-order valence-electron chi connectivity index (χ2n) is 6.35. The van der Waals surface area contributed by atoms with E-state index in [4.69, 9.17) is 0 Å². The Morgan fingerprint density at radius 1 is 1.33 bits per heavy atom. The van der Waals surface area contributed by atoms with E-state index < -0.39 is 0 Å². The summed E-state index contributed by atoms with van der Waals surface area (Å²) in [6.07, 6.45) is 7.54. The normalized spacial score (nSPS) is 20.6. The van der Waals surface area contributed by atoms with Gasteiger partial charge in [0.2, 0.25) is 0 Å². The van der Waals surface area contributed by atoms with Crippen molar-refractivity contribution in [3.05, 3.63) is 12.2 Å². The van der Waals surface area contributed by atoms with E-state index in [1.807, 2.05) is 0 Å². The Kier molecular flexibility index (Phi) is 5.76. The van der Waals surface area contributed by atoms with Crippen LogP contribution in [-0.4, -0.2) is 51.4 Å². The van der Waals surface area contributed by atoms with Crippen molar-refractivity contribution in [2.75, 3.05) is 20.1 Å². The van der Waals surface area contributed by atoms with E-state index in [2.05, 4.69) is 52.8 Å². The summed E-state index contributed by atoms with van der Waals surface area (Å²) < 4.78 is 2.06. The second kappa shape index (κ2) is 7.36. The second-order valence-corrected chi connectivity index (χ2v) is 6.35. The minimum absolute atomic E-state index is 0.189. The molecule has 1 aliphatic rings. The van der Waals surface area contributed by atoms with Crippen molar-refractivity contribution in [3.8, 4) is 0 Å². The first kappa shape index (κ1) is 16.4. The van der Waals surface area contributed by atoms with Crippen LogP contribution in [0, 0.1) is 0 Å². The van der Waals surface area contributed by atoms with Crippen LogP contribution in [-0.2, 0) is 13.0 Å². The van der Waals surface area contributed by atoms with Gasteiger partial charge in [-0.25, -0.2) is 4.98 Å². The third-order valence-corrected chi connectivity index (χ3v) is 5.16. The SMILES string of the molecule is CCCn1ncnc1CC(NC)C(C)(CC)N1CCCC1. The highest BCUT2D eigenvalue weighted by Crippen LogP contribution is 2.29. The summed E-state index contributed by atoms with van der Waals surface area (Å²) in [6, 6.07) is 0.403. The molecule has 1 aromatic heterocycles. The van der Waals surface area contributed by atoms with E-state index in [9.17, 15) is 0 Å². The van der Waals surface area contributed by atoms with Gasteiger partial charge in [-0.15, -0.1) is 0 Å². The lowest BCUT2D eigenvalue weighted by Gasteiger charge is -2.44. The number of nitrogens with zero attached hydrogens (tertiary/aromatic N) is 4. The maximum atomic E-state index is 4.49. The monoisotopic (exact) mass is 293 g/mol. The smallest absolute Gasteiger partial charge is 0.138 e. The minimum Gasteiger partial charge on any atom is -0.315 e. The van der Waals surface area contributed by atoms with E-state index in [0.29, 0.717) is 6.04 Å². The fourth-order valence-corrected chi connectivity index (χ4v) is 3.58. The number of hydrogen-bond donors (Lipinski definition) is 1. The summed E-state index contributed by atoms with van der Waals surface area (Å²) >= 11 is 0. The zero-order valence-corrected chi connectivity index (χ0v) is 14.1. The summed E-state index contributed by atoms with van der Waals surface area (Å²) in [5.41, 5.74) is 0.189. The first-order valence-corrected chi connectivity index (χ1v) is 8.44. The molecule has 1 fully saturated rings. The Bertz CT molecular complexity index is 424. The maximum absolute atomic E-state index is 4.49. The van der Waals surface area contributed by atoms with E-state index in [1.54, 1.807) is 6.33 Å². The summed E-state index contributed by atoms with van der Waals surface area (Å²) in [7, 11) is 2.08. The summed E-state index contributed by atoms with van der Waals surface area (Å²) in [5.74, 6) is 1.11.